The molecule has 0 unspecified atom stereocenters. The van der Waals surface area contributed by atoms with Crippen LogP contribution in [0, 0.1) is 5.41 Å². The maximum absolute atomic E-state index is 12.7. The van der Waals surface area contributed by atoms with Gasteiger partial charge in [-0.1, -0.05) is 13.8 Å². The molecule has 0 atom stereocenters. The van der Waals surface area contributed by atoms with Crippen molar-refractivity contribution in [3.8, 4) is 0 Å². The van der Waals surface area contributed by atoms with Crippen molar-refractivity contribution in [2.24, 2.45) is 5.41 Å². The molecule has 0 saturated carbocycles. The molecule has 1 aliphatic heterocycles. The highest BCUT2D eigenvalue weighted by Gasteiger charge is 2.31. The SMILES string of the molecule is CNCc1ccc(S(=O)(=O)N2CCCC(C)(C)CC2)s1. The number of hydrogen-bond donors (Lipinski definition) is 1. The first kappa shape index (κ1) is 15.9. The van der Waals surface area contributed by atoms with Gasteiger partial charge in [-0.05, 0) is 43.9 Å². The zero-order chi connectivity index (χ0) is 14.8. The van der Waals surface area contributed by atoms with Crippen LogP contribution in [0.25, 0.3) is 0 Å². The maximum Gasteiger partial charge on any atom is 0.252 e. The minimum atomic E-state index is -3.31. The van der Waals surface area contributed by atoms with Gasteiger partial charge in [-0.25, -0.2) is 8.42 Å². The van der Waals surface area contributed by atoms with Crippen LogP contribution in [0.2, 0.25) is 0 Å². The van der Waals surface area contributed by atoms with Crippen molar-refractivity contribution in [1.29, 1.82) is 0 Å². The third kappa shape index (κ3) is 3.61. The van der Waals surface area contributed by atoms with E-state index in [1.807, 2.05) is 13.1 Å². The second-order valence-corrected chi connectivity index (χ2v) is 9.51. The van der Waals surface area contributed by atoms with Crippen molar-refractivity contribution in [2.75, 3.05) is 20.1 Å². The van der Waals surface area contributed by atoms with Crippen LogP contribution in [0.15, 0.2) is 16.3 Å². The van der Waals surface area contributed by atoms with Crippen molar-refractivity contribution in [3.05, 3.63) is 17.0 Å². The summed E-state index contributed by atoms with van der Waals surface area (Å²) >= 11 is 1.37. The molecule has 2 heterocycles. The molecule has 0 spiro atoms. The van der Waals surface area contributed by atoms with E-state index in [0.29, 0.717) is 23.8 Å². The number of nitrogens with one attached hydrogen (secondary N) is 1. The Labute approximate surface area is 126 Å². The third-order valence-electron chi connectivity index (χ3n) is 3.88. The smallest absolute Gasteiger partial charge is 0.252 e. The van der Waals surface area contributed by atoms with Gasteiger partial charge < -0.3 is 5.32 Å². The zero-order valence-corrected chi connectivity index (χ0v) is 14.1. The van der Waals surface area contributed by atoms with Crippen LogP contribution in [0.1, 0.15) is 38.0 Å². The van der Waals surface area contributed by atoms with E-state index in [4.69, 9.17) is 0 Å². The molecule has 1 fully saturated rings. The Bertz CT molecular complexity index is 549. The van der Waals surface area contributed by atoms with Gasteiger partial charge in [0.05, 0.1) is 0 Å². The molecule has 20 heavy (non-hydrogen) atoms. The predicted molar refractivity (Wildman–Crippen MR) is 83.5 cm³/mol. The fourth-order valence-electron chi connectivity index (χ4n) is 2.53. The lowest BCUT2D eigenvalue weighted by molar-refractivity contribution is 0.315. The molecule has 114 valence electrons. The highest BCUT2D eigenvalue weighted by atomic mass is 32.2. The molecule has 1 aromatic heterocycles. The minimum absolute atomic E-state index is 0.247. The molecular weight excluding hydrogens is 292 g/mol. The van der Waals surface area contributed by atoms with Crippen molar-refractivity contribution >= 4 is 21.4 Å². The lowest BCUT2D eigenvalue weighted by atomic mass is 9.85. The monoisotopic (exact) mass is 316 g/mol. The van der Waals surface area contributed by atoms with Gasteiger partial charge in [0.25, 0.3) is 10.0 Å². The van der Waals surface area contributed by atoms with Crippen molar-refractivity contribution < 1.29 is 8.42 Å². The Balaban J connectivity index is 2.16. The van der Waals surface area contributed by atoms with E-state index in [1.54, 1.807) is 10.4 Å². The summed E-state index contributed by atoms with van der Waals surface area (Å²) in [5.41, 5.74) is 0.247. The minimum Gasteiger partial charge on any atom is -0.315 e. The van der Waals surface area contributed by atoms with Crippen LogP contribution in [0.4, 0.5) is 0 Å². The average Bonchev–Trinajstić information content (AvgIpc) is 2.75. The second-order valence-electron chi connectivity index (χ2n) is 6.17. The van der Waals surface area contributed by atoms with E-state index in [-0.39, 0.29) is 5.41 Å². The Hall–Kier alpha value is -0.430. The Morgan fingerprint density at radius 1 is 1.30 bits per heavy atom. The molecule has 1 aliphatic rings. The van der Waals surface area contributed by atoms with Gasteiger partial charge in [0, 0.05) is 24.5 Å². The van der Waals surface area contributed by atoms with E-state index in [9.17, 15) is 8.42 Å². The molecule has 0 bridgehead atoms. The summed E-state index contributed by atoms with van der Waals surface area (Å²) < 4.78 is 27.5. The van der Waals surface area contributed by atoms with Crippen LogP contribution in [-0.4, -0.2) is 32.9 Å². The predicted octanol–water partition coefficient (Wildman–Crippen LogP) is 2.67. The molecular formula is C14H24N2O2S2. The van der Waals surface area contributed by atoms with Gasteiger partial charge >= 0.3 is 0 Å². The molecule has 1 aromatic rings. The summed E-state index contributed by atoms with van der Waals surface area (Å²) in [6.07, 6.45) is 2.97. The summed E-state index contributed by atoms with van der Waals surface area (Å²) in [6.45, 7) is 6.44. The fourth-order valence-corrected chi connectivity index (χ4v) is 5.53. The van der Waals surface area contributed by atoms with E-state index >= 15 is 0 Å². The van der Waals surface area contributed by atoms with Crippen molar-refractivity contribution in [2.45, 2.75) is 43.9 Å². The number of sulfonamides is 1. The lowest BCUT2D eigenvalue weighted by Crippen LogP contribution is -2.32. The van der Waals surface area contributed by atoms with Gasteiger partial charge in [0.1, 0.15) is 4.21 Å². The number of hydrogen-bond acceptors (Lipinski definition) is 4. The van der Waals surface area contributed by atoms with E-state index in [2.05, 4.69) is 19.2 Å². The normalized spacial score (nSPS) is 20.8. The van der Waals surface area contributed by atoms with Crippen molar-refractivity contribution in [3.63, 3.8) is 0 Å². The third-order valence-corrected chi connectivity index (χ3v) is 7.33. The van der Waals surface area contributed by atoms with Gasteiger partial charge in [-0.2, -0.15) is 4.31 Å². The molecule has 1 N–H and O–H groups in total. The van der Waals surface area contributed by atoms with Gasteiger partial charge in [-0.15, -0.1) is 11.3 Å². The highest BCUT2D eigenvalue weighted by Crippen LogP contribution is 2.33. The van der Waals surface area contributed by atoms with Crippen LogP contribution in [0.5, 0.6) is 0 Å². The van der Waals surface area contributed by atoms with Crippen LogP contribution in [0.3, 0.4) is 0 Å². The van der Waals surface area contributed by atoms with Crippen LogP contribution >= 0.6 is 11.3 Å². The van der Waals surface area contributed by atoms with Crippen LogP contribution < -0.4 is 5.32 Å². The number of nitrogens with zero attached hydrogens (tertiary/aromatic N) is 1. The molecule has 0 radical (unpaired) electrons. The summed E-state index contributed by atoms with van der Waals surface area (Å²) in [7, 11) is -1.44. The molecule has 6 heteroatoms. The number of rotatable bonds is 4. The first-order valence-corrected chi connectivity index (χ1v) is 9.34. The maximum atomic E-state index is 12.7. The summed E-state index contributed by atoms with van der Waals surface area (Å²) in [5.74, 6) is 0. The topological polar surface area (TPSA) is 49.4 Å². The van der Waals surface area contributed by atoms with Gasteiger partial charge in [0.2, 0.25) is 0 Å². The standard InChI is InChI=1S/C14H24N2O2S2/c1-14(2)7-4-9-16(10-8-14)20(17,18)13-6-5-12(19-13)11-15-3/h5-6,15H,4,7-11H2,1-3H3. The molecule has 1 saturated heterocycles. The van der Waals surface area contributed by atoms with Crippen LogP contribution in [-0.2, 0) is 16.6 Å². The first-order chi connectivity index (χ1) is 9.35. The summed E-state index contributed by atoms with van der Waals surface area (Å²) in [5, 5.41) is 3.05. The molecule has 2 rings (SSSR count). The number of thiophene rings is 1. The molecule has 0 aromatic carbocycles. The second kappa shape index (κ2) is 6.13. The van der Waals surface area contributed by atoms with E-state index < -0.39 is 10.0 Å². The zero-order valence-electron chi connectivity index (χ0n) is 12.5. The van der Waals surface area contributed by atoms with E-state index in [1.165, 1.54) is 11.3 Å². The Morgan fingerprint density at radius 2 is 2.05 bits per heavy atom. The lowest BCUT2D eigenvalue weighted by Gasteiger charge is -2.22. The highest BCUT2D eigenvalue weighted by molar-refractivity contribution is 7.91. The Kier molecular flexibility index (Phi) is 4.89. The van der Waals surface area contributed by atoms with E-state index in [0.717, 1.165) is 24.1 Å². The summed E-state index contributed by atoms with van der Waals surface area (Å²) in [6, 6.07) is 3.64. The van der Waals surface area contributed by atoms with Gasteiger partial charge in [-0.3, -0.25) is 0 Å². The van der Waals surface area contributed by atoms with Crippen molar-refractivity contribution in [1.82, 2.24) is 9.62 Å². The quantitative estimate of drug-likeness (QED) is 0.929. The first-order valence-electron chi connectivity index (χ1n) is 7.09. The molecule has 0 aliphatic carbocycles. The molecule has 4 nitrogen and oxygen atoms in total. The Morgan fingerprint density at radius 3 is 2.75 bits per heavy atom. The molecule has 0 amide bonds. The average molecular weight is 316 g/mol. The largest absolute Gasteiger partial charge is 0.315 e. The van der Waals surface area contributed by atoms with Gasteiger partial charge in [0.15, 0.2) is 0 Å². The summed E-state index contributed by atoms with van der Waals surface area (Å²) in [4.78, 5) is 1.06. The fraction of sp³-hybridized carbons (Fsp3) is 0.714.